The summed E-state index contributed by atoms with van der Waals surface area (Å²) in [4.78, 5) is 26.6. The van der Waals surface area contributed by atoms with E-state index in [-0.39, 0.29) is 18.5 Å². The first-order valence-electron chi connectivity index (χ1n) is 8.77. The fraction of sp³-hybridized carbons (Fsp3) is 0.579. The van der Waals surface area contributed by atoms with Gasteiger partial charge in [-0.05, 0) is 45.2 Å². The van der Waals surface area contributed by atoms with E-state index >= 15 is 0 Å². The zero-order valence-electron chi connectivity index (χ0n) is 15.3. The van der Waals surface area contributed by atoms with Gasteiger partial charge in [0, 0.05) is 13.2 Å². The summed E-state index contributed by atoms with van der Waals surface area (Å²) in [7, 11) is 0. The molecule has 5 nitrogen and oxygen atoms in total. The number of carbonyl (C=O) groups excluding carboxylic acids is 2. The first-order chi connectivity index (χ1) is 11.6. The van der Waals surface area contributed by atoms with E-state index in [1.54, 1.807) is 17.9 Å². The van der Waals surface area contributed by atoms with E-state index in [0.29, 0.717) is 31.0 Å². The minimum absolute atomic E-state index is 0.00575. The largest absolute Gasteiger partial charge is 0.462 e. The van der Waals surface area contributed by atoms with Crippen molar-refractivity contribution < 1.29 is 19.1 Å². The van der Waals surface area contributed by atoms with Gasteiger partial charge < -0.3 is 14.4 Å². The predicted octanol–water partition coefficient (Wildman–Crippen LogP) is 3.60. The van der Waals surface area contributed by atoms with E-state index in [0.717, 1.165) is 24.8 Å². The molecule has 5 heteroatoms. The molecule has 0 aliphatic rings. The third-order valence-electron chi connectivity index (χ3n) is 3.75. The van der Waals surface area contributed by atoms with Gasteiger partial charge in [0.05, 0.1) is 17.9 Å². The number of carbonyl (C=O) groups is 2. The van der Waals surface area contributed by atoms with Crippen molar-refractivity contribution in [3.8, 4) is 0 Å². The number of hydrogen-bond donors (Lipinski definition) is 0. The quantitative estimate of drug-likeness (QED) is 0.613. The standard InChI is InChI=1S/C19H29NO4/c1-5-9-11-15-12-10-13-16(18(15)19(22)24-8-4)20(6-2)17(21)14-23-7-3/h10,12-13H,5-9,11,14H2,1-4H3. The van der Waals surface area contributed by atoms with Crippen LogP contribution in [-0.4, -0.2) is 38.2 Å². The van der Waals surface area contributed by atoms with Crippen LogP contribution < -0.4 is 4.90 Å². The van der Waals surface area contributed by atoms with E-state index in [1.807, 2.05) is 26.0 Å². The minimum atomic E-state index is -0.373. The molecule has 0 N–H and O–H groups in total. The molecule has 24 heavy (non-hydrogen) atoms. The van der Waals surface area contributed by atoms with Gasteiger partial charge >= 0.3 is 5.97 Å². The van der Waals surface area contributed by atoms with Crippen LogP contribution in [-0.2, 0) is 20.7 Å². The Balaban J connectivity index is 3.27. The third kappa shape index (κ3) is 5.34. The van der Waals surface area contributed by atoms with Crippen molar-refractivity contribution in [2.75, 3.05) is 31.3 Å². The first kappa shape index (κ1) is 20.2. The summed E-state index contributed by atoms with van der Waals surface area (Å²) in [6.45, 7) is 8.88. The average molecular weight is 335 g/mol. The summed E-state index contributed by atoms with van der Waals surface area (Å²) in [5.41, 5.74) is 2.03. The van der Waals surface area contributed by atoms with Gasteiger partial charge in [-0.15, -0.1) is 0 Å². The second kappa shape index (κ2) is 10.8. The van der Waals surface area contributed by atoms with Gasteiger partial charge in [-0.1, -0.05) is 25.5 Å². The Labute approximate surface area is 144 Å². The van der Waals surface area contributed by atoms with Crippen LogP contribution in [0.3, 0.4) is 0 Å². The molecular formula is C19H29NO4. The van der Waals surface area contributed by atoms with Crippen LogP contribution in [0.15, 0.2) is 18.2 Å². The number of amides is 1. The molecule has 0 fully saturated rings. The molecule has 0 radical (unpaired) electrons. The zero-order chi connectivity index (χ0) is 17.9. The van der Waals surface area contributed by atoms with E-state index < -0.39 is 0 Å². The van der Waals surface area contributed by atoms with Gasteiger partial charge in [0.15, 0.2) is 0 Å². The van der Waals surface area contributed by atoms with Crippen LogP contribution in [0, 0.1) is 0 Å². The van der Waals surface area contributed by atoms with Gasteiger partial charge in [-0.25, -0.2) is 4.79 Å². The van der Waals surface area contributed by atoms with Crippen LogP contribution in [0.2, 0.25) is 0 Å². The van der Waals surface area contributed by atoms with Crippen molar-refractivity contribution in [1.82, 2.24) is 0 Å². The van der Waals surface area contributed by atoms with Crippen molar-refractivity contribution in [3.05, 3.63) is 29.3 Å². The maximum Gasteiger partial charge on any atom is 0.340 e. The third-order valence-corrected chi connectivity index (χ3v) is 3.75. The molecule has 0 saturated heterocycles. The van der Waals surface area contributed by atoms with E-state index in [4.69, 9.17) is 9.47 Å². The summed E-state index contributed by atoms with van der Waals surface area (Å²) in [6.07, 6.45) is 2.80. The topological polar surface area (TPSA) is 55.8 Å². The maximum absolute atomic E-state index is 12.5. The number of aryl methyl sites for hydroxylation is 1. The Hall–Kier alpha value is -1.88. The Bertz CT molecular complexity index is 542. The normalized spacial score (nSPS) is 10.5. The van der Waals surface area contributed by atoms with Crippen LogP contribution in [0.25, 0.3) is 0 Å². The molecule has 0 atom stereocenters. The molecule has 0 aliphatic carbocycles. The molecule has 0 bridgehead atoms. The number of nitrogens with zero attached hydrogens (tertiary/aromatic N) is 1. The van der Waals surface area contributed by atoms with Crippen molar-refractivity contribution in [2.24, 2.45) is 0 Å². The smallest absolute Gasteiger partial charge is 0.340 e. The molecule has 1 amide bonds. The summed E-state index contributed by atoms with van der Waals surface area (Å²) in [5, 5.41) is 0. The Morgan fingerprint density at radius 1 is 1.08 bits per heavy atom. The molecule has 1 aromatic carbocycles. The second-order valence-corrected chi connectivity index (χ2v) is 5.41. The van der Waals surface area contributed by atoms with Gasteiger partial charge in [-0.3, -0.25) is 4.79 Å². The number of unbranched alkanes of at least 4 members (excludes halogenated alkanes) is 1. The number of benzene rings is 1. The lowest BCUT2D eigenvalue weighted by molar-refractivity contribution is -0.122. The lowest BCUT2D eigenvalue weighted by Crippen LogP contribution is -2.35. The summed E-state index contributed by atoms with van der Waals surface area (Å²) in [6, 6.07) is 5.63. The molecular weight excluding hydrogens is 306 g/mol. The van der Waals surface area contributed by atoms with Gasteiger partial charge in [0.1, 0.15) is 6.61 Å². The van der Waals surface area contributed by atoms with E-state index in [1.165, 1.54) is 0 Å². The highest BCUT2D eigenvalue weighted by molar-refractivity contribution is 6.04. The minimum Gasteiger partial charge on any atom is -0.462 e. The van der Waals surface area contributed by atoms with Gasteiger partial charge in [0.25, 0.3) is 5.91 Å². The van der Waals surface area contributed by atoms with Gasteiger partial charge in [0.2, 0.25) is 0 Å². The molecule has 0 unspecified atom stereocenters. The molecule has 134 valence electrons. The molecule has 1 aromatic rings. The first-order valence-corrected chi connectivity index (χ1v) is 8.77. The highest BCUT2D eigenvalue weighted by Gasteiger charge is 2.24. The highest BCUT2D eigenvalue weighted by atomic mass is 16.5. The SMILES string of the molecule is CCCCc1cccc(N(CC)C(=O)COCC)c1C(=O)OCC. The van der Waals surface area contributed by atoms with Gasteiger partial charge in [-0.2, -0.15) is 0 Å². The van der Waals surface area contributed by atoms with Crippen LogP contribution in [0.1, 0.15) is 56.5 Å². The molecule has 0 saturated carbocycles. The van der Waals surface area contributed by atoms with Crippen molar-refractivity contribution in [1.29, 1.82) is 0 Å². The van der Waals surface area contributed by atoms with Crippen molar-refractivity contribution in [3.63, 3.8) is 0 Å². The number of esters is 1. The second-order valence-electron chi connectivity index (χ2n) is 5.41. The summed E-state index contributed by atoms with van der Waals surface area (Å²) < 4.78 is 10.5. The summed E-state index contributed by atoms with van der Waals surface area (Å²) in [5.74, 6) is -0.528. The lowest BCUT2D eigenvalue weighted by Gasteiger charge is -2.24. The van der Waals surface area contributed by atoms with Crippen molar-refractivity contribution >= 4 is 17.6 Å². The Morgan fingerprint density at radius 2 is 1.83 bits per heavy atom. The highest BCUT2D eigenvalue weighted by Crippen LogP contribution is 2.27. The number of likely N-dealkylation sites (N-methyl/N-ethyl adjacent to an activating group) is 1. The Kier molecular flexibility index (Phi) is 9.08. The van der Waals surface area contributed by atoms with Crippen molar-refractivity contribution in [2.45, 2.75) is 47.0 Å². The molecule has 1 rings (SSSR count). The fourth-order valence-corrected chi connectivity index (χ4v) is 2.57. The number of anilines is 1. The maximum atomic E-state index is 12.5. The van der Waals surface area contributed by atoms with Crippen LogP contribution >= 0.6 is 0 Å². The lowest BCUT2D eigenvalue weighted by atomic mass is 9.99. The van der Waals surface area contributed by atoms with E-state index in [9.17, 15) is 9.59 Å². The Morgan fingerprint density at radius 3 is 2.42 bits per heavy atom. The van der Waals surface area contributed by atoms with E-state index in [2.05, 4.69) is 6.92 Å². The molecule has 0 heterocycles. The van der Waals surface area contributed by atoms with Crippen LogP contribution in [0.4, 0.5) is 5.69 Å². The monoisotopic (exact) mass is 335 g/mol. The zero-order valence-corrected chi connectivity index (χ0v) is 15.3. The van der Waals surface area contributed by atoms with Crippen LogP contribution in [0.5, 0.6) is 0 Å². The average Bonchev–Trinajstić information content (AvgIpc) is 2.58. The summed E-state index contributed by atoms with van der Waals surface area (Å²) >= 11 is 0. The predicted molar refractivity (Wildman–Crippen MR) is 95.5 cm³/mol. The molecule has 0 aromatic heterocycles. The molecule has 0 spiro atoms. The molecule has 0 aliphatic heterocycles. The number of hydrogen-bond acceptors (Lipinski definition) is 4. The number of ether oxygens (including phenoxy) is 2. The fourth-order valence-electron chi connectivity index (χ4n) is 2.57. The number of rotatable bonds is 10.